The van der Waals surface area contributed by atoms with Gasteiger partial charge >= 0.3 is 0 Å². The van der Waals surface area contributed by atoms with Gasteiger partial charge in [-0.15, -0.1) is 5.10 Å². The topological polar surface area (TPSA) is 353 Å². The zero-order valence-corrected chi connectivity index (χ0v) is 66.4. The molecule has 2 fully saturated rings. The minimum Gasteiger partial charge on any atom is -0.390 e. The summed E-state index contributed by atoms with van der Waals surface area (Å²) in [7, 11) is 8.53. The fourth-order valence-electron chi connectivity index (χ4n) is 13.6. The number of nitrogens with one attached hydrogen (secondary N) is 5. The summed E-state index contributed by atoms with van der Waals surface area (Å²) >= 11 is 0. The number of ether oxygens (including phenoxy) is 2. The molecular formula is C74H128N16O14. The number of morpholine rings is 1. The monoisotopic (exact) mass is 1460 g/mol. The van der Waals surface area contributed by atoms with Gasteiger partial charge in [0.25, 0.3) is 0 Å². The Labute approximate surface area is 617 Å². The minimum absolute atomic E-state index is 0.0281. The normalized spacial score (nSPS) is 26.1. The first-order valence-corrected chi connectivity index (χ1v) is 37.6. The Morgan fingerprint density at radius 3 is 1.63 bits per heavy atom. The minimum atomic E-state index is -1.72. The Morgan fingerprint density at radius 2 is 1.06 bits per heavy atom. The number of amides is 11. The van der Waals surface area contributed by atoms with Gasteiger partial charge < -0.3 is 70.6 Å². The van der Waals surface area contributed by atoms with E-state index in [0.717, 1.165) is 36.5 Å². The number of rotatable bonds is 24. The number of hydrogen-bond acceptors (Lipinski definition) is 18. The summed E-state index contributed by atoms with van der Waals surface area (Å²) in [5.74, 6) is -10.3. The van der Waals surface area contributed by atoms with E-state index in [1.807, 2.05) is 47.6 Å². The molecule has 0 bridgehead atoms. The highest BCUT2D eigenvalue weighted by Gasteiger charge is 2.45. The Balaban J connectivity index is 1.86. The molecule has 6 N–H and O–H groups in total. The number of carbonyl (C=O) groups excluding carboxylic acids is 11. The lowest BCUT2D eigenvalue weighted by molar-refractivity contribution is -0.154. The number of aromatic nitrogens is 4. The van der Waals surface area contributed by atoms with Crippen LogP contribution >= 0.6 is 0 Å². The Kier molecular flexibility index (Phi) is 36.0. The van der Waals surface area contributed by atoms with Crippen molar-refractivity contribution in [3.63, 3.8) is 0 Å². The van der Waals surface area contributed by atoms with Crippen molar-refractivity contribution >= 4 is 76.1 Å². The van der Waals surface area contributed by atoms with Crippen molar-refractivity contribution in [2.45, 2.75) is 260 Å². The van der Waals surface area contributed by atoms with Crippen LogP contribution in [-0.2, 0) is 68.8 Å². The molecule has 0 aromatic carbocycles. The van der Waals surface area contributed by atoms with Crippen molar-refractivity contribution < 1.29 is 67.3 Å². The van der Waals surface area contributed by atoms with Gasteiger partial charge in [-0.1, -0.05) is 101 Å². The average molecular weight is 1470 g/mol. The highest BCUT2D eigenvalue weighted by molar-refractivity contribution is 6.00. The Bertz CT molecular complexity index is 3160. The molecule has 4 heterocycles. The predicted molar refractivity (Wildman–Crippen MR) is 395 cm³/mol. The van der Waals surface area contributed by atoms with Gasteiger partial charge in [-0.3, -0.25) is 57.6 Å². The van der Waals surface area contributed by atoms with Crippen LogP contribution in [0.1, 0.15) is 175 Å². The van der Waals surface area contributed by atoms with E-state index in [9.17, 15) is 29.1 Å². The first kappa shape index (κ1) is 89.0. The maximum absolute atomic E-state index is 15.3. The van der Waals surface area contributed by atoms with E-state index in [2.05, 4.69) is 46.8 Å². The molecule has 2 aliphatic rings. The molecule has 2 aliphatic heterocycles. The number of likely N-dealkylation sites (N-methyl/N-ethyl adjacent to an activating group) is 6. The van der Waals surface area contributed by atoms with E-state index in [1.54, 1.807) is 65.4 Å². The standard InChI is InChI=1S/C74H128N16O14/c1-23-53-71(99)83(17)51(15)70(98)88(22)61(52(16)104-37-28-27-33-89-35-38-103-39-36-89)68(96)79-58(46(8)9)74(102)84(18)55(40-43(2)3)65(93)76-49(13)64(92)77-50(14)69(97)85(19)56(41-44(4)5)72(100)86(20)57(42-45(6)7)73(101)87(21)60(47(10)11)67(95)80-59(66(94)78-53)62(91)48(12)30-25-24-26-34-90-54-31-29-32-75-63(54)81-82-90/h29,31-32,43-53,55-62,91H,23-28,30,33-42H2,1-22H3,(H,76,93)(H,77,92)(H,78,94)(H,79,96)(H,80,95)/t48-,49+,50-,51-,52-,53+,55+,56+,57+,58+,59+,60+,61+,62-/m1/s1. The summed E-state index contributed by atoms with van der Waals surface area (Å²) in [6.07, 6.45) is 3.17. The summed E-state index contributed by atoms with van der Waals surface area (Å²) in [6.45, 7) is 31.8. The zero-order valence-electron chi connectivity index (χ0n) is 66.4. The molecular weight excluding hydrogens is 1340 g/mol. The van der Waals surface area contributed by atoms with Gasteiger partial charge in [0.2, 0.25) is 70.6 Å². The van der Waals surface area contributed by atoms with Gasteiger partial charge in [-0.2, -0.15) is 0 Å². The highest BCUT2D eigenvalue weighted by Crippen LogP contribution is 2.25. The van der Waals surface area contributed by atoms with Crippen molar-refractivity contribution in [1.82, 2.24) is 80.9 Å². The summed E-state index contributed by atoms with van der Waals surface area (Å²) in [6, 6.07) is -10.7. The summed E-state index contributed by atoms with van der Waals surface area (Å²) < 4.78 is 13.7. The van der Waals surface area contributed by atoms with Gasteiger partial charge in [-0.25, -0.2) is 9.67 Å². The Hall–Kier alpha value is -7.44. The predicted octanol–water partition coefficient (Wildman–Crippen LogP) is 3.22. The van der Waals surface area contributed by atoms with Crippen molar-refractivity contribution in [3.05, 3.63) is 18.3 Å². The lowest BCUT2D eigenvalue weighted by atomic mass is 9.91. The van der Waals surface area contributed by atoms with Gasteiger partial charge in [0, 0.05) is 74.7 Å². The second-order valence-corrected chi connectivity index (χ2v) is 30.8. The molecule has 30 heteroatoms. The number of aliphatic hydroxyl groups excluding tert-OH is 1. The van der Waals surface area contributed by atoms with Crippen LogP contribution in [0, 0.1) is 35.5 Å². The quantitative estimate of drug-likeness (QED) is 0.0822. The van der Waals surface area contributed by atoms with Crippen LogP contribution in [0.15, 0.2) is 18.3 Å². The third-order valence-electron chi connectivity index (χ3n) is 20.2. The third kappa shape index (κ3) is 24.8. The van der Waals surface area contributed by atoms with Gasteiger partial charge in [0.15, 0.2) is 0 Å². The van der Waals surface area contributed by atoms with Gasteiger partial charge in [-0.05, 0) is 133 Å². The zero-order chi connectivity index (χ0) is 78.3. The van der Waals surface area contributed by atoms with E-state index in [0.29, 0.717) is 57.5 Å². The van der Waals surface area contributed by atoms with Crippen molar-refractivity contribution in [2.24, 2.45) is 35.5 Å². The van der Waals surface area contributed by atoms with Crippen molar-refractivity contribution in [3.8, 4) is 0 Å². The second kappa shape index (κ2) is 42.0. The molecule has 30 nitrogen and oxygen atoms in total. The molecule has 0 aliphatic carbocycles. The van der Waals surface area contributed by atoms with Crippen molar-refractivity contribution in [1.29, 1.82) is 0 Å². The number of fused-ring (bicyclic) bond motifs is 1. The molecule has 2 aromatic rings. The van der Waals surface area contributed by atoms with E-state index in [-0.39, 0.29) is 50.0 Å². The highest BCUT2D eigenvalue weighted by atomic mass is 16.5. The second-order valence-electron chi connectivity index (χ2n) is 30.8. The number of nitrogens with zero attached hydrogens (tertiary/aromatic N) is 11. The molecule has 14 atom stereocenters. The van der Waals surface area contributed by atoms with Crippen molar-refractivity contribution in [2.75, 3.05) is 81.7 Å². The number of aryl methyl sites for hydroxylation is 1. The SMILES string of the molecule is CC[C@@H]1NC(=O)[C@H]([C@H](O)[C@H](C)CCCCCn2nnc3ncccc32)NC(=O)[C@H](C(C)C)N(C)C(=O)[C@H](CC(C)C)N(C)C(=O)[C@H](CC(C)C)N(C)C(=O)[C@@H](C)NC(=O)[C@H](C)NC(=O)[C@H](CC(C)C)N(C)C(=O)[C@H](C(C)C)NC(=O)[C@H]([C@@H](C)OCCCCN2CCOCC2)N(C)C(=O)[C@@H](C)N(C)C1=O. The summed E-state index contributed by atoms with van der Waals surface area (Å²) in [5, 5.41) is 34.7. The molecule has 0 unspecified atom stereocenters. The molecule has 4 rings (SSSR count). The molecule has 588 valence electrons. The lowest BCUT2D eigenvalue weighted by Gasteiger charge is -2.40. The van der Waals surface area contributed by atoms with E-state index in [1.165, 1.54) is 87.6 Å². The van der Waals surface area contributed by atoms with E-state index >= 15 is 28.8 Å². The van der Waals surface area contributed by atoms with Crippen LogP contribution in [0.4, 0.5) is 0 Å². The fourth-order valence-corrected chi connectivity index (χ4v) is 13.6. The molecule has 2 saturated heterocycles. The van der Waals surface area contributed by atoms with E-state index in [4.69, 9.17) is 9.47 Å². The maximum atomic E-state index is 15.3. The van der Waals surface area contributed by atoms with Gasteiger partial charge in [0.1, 0.15) is 72.0 Å². The smallest absolute Gasteiger partial charge is 0.246 e. The lowest BCUT2D eigenvalue weighted by Crippen LogP contribution is -2.64. The molecule has 104 heavy (non-hydrogen) atoms. The molecule has 11 amide bonds. The molecule has 2 aromatic heterocycles. The van der Waals surface area contributed by atoms with Gasteiger partial charge in [0.05, 0.1) is 25.4 Å². The van der Waals surface area contributed by atoms with Crippen LogP contribution in [0.5, 0.6) is 0 Å². The van der Waals surface area contributed by atoms with Crippen LogP contribution in [-0.4, -0.2) is 285 Å². The largest absolute Gasteiger partial charge is 0.390 e. The Morgan fingerprint density at radius 1 is 0.529 bits per heavy atom. The van der Waals surface area contributed by atoms with Crippen LogP contribution in [0.25, 0.3) is 11.2 Å². The number of hydrogen-bond donors (Lipinski definition) is 6. The molecule has 0 radical (unpaired) electrons. The molecule has 0 saturated carbocycles. The fraction of sp³-hybridized carbons (Fsp3) is 0.784. The first-order chi connectivity index (χ1) is 48.8. The first-order valence-electron chi connectivity index (χ1n) is 37.6. The average Bonchev–Trinajstić information content (AvgIpc) is 1.03. The summed E-state index contributed by atoms with van der Waals surface area (Å²) in [4.78, 5) is 178. The van der Waals surface area contributed by atoms with Crippen LogP contribution < -0.4 is 26.6 Å². The number of carbonyl (C=O) groups is 11. The number of pyridine rings is 1. The molecule has 0 spiro atoms. The number of aliphatic hydroxyl groups is 1. The maximum Gasteiger partial charge on any atom is 0.246 e. The third-order valence-corrected chi connectivity index (χ3v) is 20.2. The van der Waals surface area contributed by atoms with E-state index < -0.39 is 161 Å². The number of unbranched alkanes of at least 4 members (excludes halogenated alkanes) is 3. The van der Waals surface area contributed by atoms with Crippen LogP contribution in [0.3, 0.4) is 0 Å². The summed E-state index contributed by atoms with van der Waals surface area (Å²) in [5.41, 5.74) is 1.31. The van der Waals surface area contributed by atoms with Crippen LogP contribution in [0.2, 0.25) is 0 Å².